The van der Waals surface area contributed by atoms with Crippen LogP contribution in [0.4, 0.5) is 4.79 Å². The molecule has 0 unspecified atom stereocenters. The maximum atomic E-state index is 12.3. The molecule has 2 rings (SSSR count). The van der Waals surface area contributed by atoms with Crippen molar-refractivity contribution >= 4 is 33.9 Å². The third kappa shape index (κ3) is 5.95. The molecule has 2 amide bonds. The number of ether oxygens (including phenoxy) is 1. The van der Waals surface area contributed by atoms with Crippen LogP contribution >= 0.6 is 15.9 Å². The smallest absolute Gasteiger partial charge is 0.414 e. The summed E-state index contributed by atoms with van der Waals surface area (Å²) in [5.74, 6) is -2.54. The molecule has 146 valence electrons. The van der Waals surface area contributed by atoms with Gasteiger partial charge in [-0.1, -0.05) is 47.1 Å². The summed E-state index contributed by atoms with van der Waals surface area (Å²) < 4.78 is 5.99. The molecule has 2 aromatic carbocycles. The number of benzene rings is 2. The SMILES string of the molecule is C[C@@H](/C=C/C(=O)O)[C@@H](OC(=O)NC(=O)c1ccccc1)c1cc(Br)ccc1O. The van der Waals surface area contributed by atoms with Gasteiger partial charge in [-0.05, 0) is 30.3 Å². The highest BCUT2D eigenvalue weighted by molar-refractivity contribution is 9.10. The number of imide groups is 1. The van der Waals surface area contributed by atoms with Crippen molar-refractivity contribution < 1.29 is 29.3 Å². The van der Waals surface area contributed by atoms with Crippen LogP contribution in [0.15, 0.2) is 65.2 Å². The molecular formula is C20H18BrNO6. The summed E-state index contributed by atoms with van der Waals surface area (Å²) in [5, 5.41) is 21.1. The number of amides is 2. The van der Waals surface area contributed by atoms with E-state index in [1.165, 1.54) is 12.1 Å². The second-order valence-corrected chi connectivity index (χ2v) is 6.82. The lowest BCUT2D eigenvalue weighted by molar-refractivity contribution is -0.131. The Morgan fingerprint density at radius 2 is 1.82 bits per heavy atom. The van der Waals surface area contributed by atoms with Crippen LogP contribution in [-0.4, -0.2) is 28.2 Å². The van der Waals surface area contributed by atoms with Crippen molar-refractivity contribution in [3.63, 3.8) is 0 Å². The number of halogens is 1. The third-order valence-corrected chi connectivity index (χ3v) is 4.29. The number of phenolic OH excluding ortho intramolecular Hbond substituents is 1. The molecule has 0 aliphatic carbocycles. The first-order valence-electron chi connectivity index (χ1n) is 8.24. The fourth-order valence-corrected chi connectivity index (χ4v) is 2.82. The van der Waals surface area contributed by atoms with E-state index >= 15 is 0 Å². The molecule has 0 aliphatic rings. The van der Waals surface area contributed by atoms with Crippen molar-refractivity contribution in [1.82, 2.24) is 5.32 Å². The highest BCUT2D eigenvalue weighted by Gasteiger charge is 2.26. The van der Waals surface area contributed by atoms with Crippen LogP contribution < -0.4 is 5.32 Å². The molecule has 0 saturated carbocycles. The van der Waals surface area contributed by atoms with Gasteiger partial charge in [0, 0.05) is 27.6 Å². The van der Waals surface area contributed by atoms with E-state index in [9.17, 15) is 19.5 Å². The molecule has 0 bridgehead atoms. The Kier molecular flexibility index (Phi) is 7.34. The summed E-state index contributed by atoms with van der Waals surface area (Å²) in [4.78, 5) is 35.2. The molecule has 0 saturated heterocycles. The predicted molar refractivity (Wildman–Crippen MR) is 105 cm³/mol. The Labute approximate surface area is 169 Å². The van der Waals surface area contributed by atoms with Crippen LogP contribution in [0.3, 0.4) is 0 Å². The van der Waals surface area contributed by atoms with E-state index in [0.29, 0.717) is 4.47 Å². The van der Waals surface area contributed by atoms with E-state index in [0.717, 1.165) is 6.08 Å². The lowest BCUT2D eigenvalue weighted by atomic mass is 9.96. The Hall–Kier alpha value is -3.13. The maximum Gasteiger partial charge on any atom is 0.414 e. The Morgan fingerprint density at radius 1 is 1.14 bits per heavy atom. The van der Waals surface area contributed by atoms with Gasteiger partial charge in [-0.15, -0.1) is 0 Å². The minimum atomic E-state index is -1.16. The monoisotopic (exact) mass is 447 g/mol. The summed E-state index contributed by atoms with van der Waals surface area (Å²) in [6.07, 6.45) is 0.202. The van der Waals surface area contributed by atoms with Gasteiger partial charge in [0.1, 0.15) is 11.9 Å². The molecule has 2 atom stereocenters. The number of alkyl carbamates (subject to hydrolysis) is 1. The van der Waals surface area contributed by atoms with Crippen LogP contribution in [0, 0.1) is 5.92 Å². The van der Waals surface area contributed by atoms with Gasteiger partial charge in [0.25, 0.3) is 5.91 Å². The summed E-state index contributed by atoms with van der Waals surface area (Å²) in [6.45, 7) is 1.62. The molecule has 0 heterocycles. The largest absolute Gasteiger partial charge is 0.508 e. The number of carboxylic acids is 1. The minimum Gasteiger partial charge on any atom is -0.508 e. The third-order valence-electron chi connectivity index (χ3n) is 3.80. The zero-order valence-corrected chi connectivity index (χ0v) is 16.4. The average Bonchev–Trinajstić information content (AvgIpc) is 2.67. The first kappa shape index (κ1) is 21.2. The number of rotatable bonds is 6. The van der Waals surface area contributed by atoms with Crippen molar-refractivity contribution in [3.05, 3.63) is 76.3 Å². The minimum absolute atomic E-state index is 0.133. The highest BCUT2D eigenvalue weighted by atomic mass is 79.9. The van der Waals surface area contributed by atoms with Crippen LogP contribution in [0.25, 0.3) is 0 Å². The number of phenols is 1. The van der Waals surface area contributed by atoms with Gasteiger partial charge in [-0.25, -0.2) is 9.59 Å². The molecule has 0 aliphatic heterocycles. The lowest BCUT2D eigenvalue weighted by Crippen LogP contribution is -2.33. The number of aromatic hydroxyl groups is 1. The van der Waals surface area contributed by atoms with E-state index < -0.39 is 30.0 Å². The zero-order valence-electron chi connectivity index (χ0n) is 14.8. The first-order chi connectivity index (χ1) is 13.3. The molecule has 0 radical (unpaired) electrons. The van der Waals surface area contributed by atoms with E-state index in [1.54, 1.807) is 49.4 Å². The van der Waals surface area contributed by atoms with Gasteiger partial charge < -0.3 is 14.9 Å². The molecule has 0 fully saturated rings. The van der Waals surface area contributed by atoms with E-state index in [-0.39, 0.29) is 16.9 Å². The molecule has 0 spiro atoms. The molecular weight excluding hydrogens is 430 g/mol. The van der Waals surface area contributed by atoms with E-state index in [4.69, 9.17) is 9.84 Å². The summed E-state index contributed by atoms with van der Waals surface area (Å²) >= 11 is 3.28. The van der Waals surface area contributed by atoms with Gasteiger partial charge in [0.15, 0.2) is 0 Å². The van der Waals surface area contributed by atoms with Gasteiger partial charge in [0.05, 0.1) is 0 Å². The second kappa shape index (κ2) is 9.70. The molecule has 28 heavy (non-hydrogen) atoms. The lowest BCUT2D eigenvalue weighted by Gasteiger charge is -2.23. The Bertz CT molecular complexity index is 897. The highest BCUT2D eigenvalue weighted by Crippen LogP contribution is 2.35. The zero-order chi connectivity index (χ0) is 20.7. The van der Waals surface area contributed by atoms with Gasteiger partial charge >= 0.3 is 12.1 Å². The van der Waals surface area contributed by atoms with E-state index in [1.807, 2.05) is 0 Å². The number of hydrogen-bond acceptors (Lipinski definition) is 5. The number of carbonyl (C=O) groups excluding carboxylic acids is 2. The van der Waals surface area contributed by atoms with Crippen molar-refractivity contribution in [2.75, 3.05) is 0 Å². The van der Waals surface area contributed by atoms with Crippen molar-refractivity contribution in [1.29, 1.82) is 0 Å². The van der Waals surface area contributed by atoms with Crippen LogP contribution in [0.2, 0.25) is 0 Å². The number of carboxylic acid groups (broad SMARTS) is 1. The molecule has 8 heteroatoms. The first-order valence-corrected chi connectivity index (χ1v) is 9.03. The van der Waals surface area contributed by atoms with Gasteiger partial charge in [-0.2, -0.15) is 0 Å². The fourth-order valence-electron chi connectivity index (χ4n) is 2.44. The molecule has 7 nitrogen and oxygen atoms in total. The standard InChI is InChI=1S/C20H18BrNO6/c1-12(7-10-17(24)25)18(15-11-14(21)8-9-16(15)23)28-20(27)22-19(26)13-5-3-2-4-6-13/h2-12,18,23H,1H3,(H,24,25)(H,22,26,27)/b10-7+/t12-,18+/m0/s1. The van der Waals surface area contributed by atoms with Crippen molar-refractivity contribution in [3.8, 4) is 5.75 Å². The van der Waals surface area contributed by atoms with Crippen LogP contribution in [-0.2, 0) is 9.53 Å². The average molecular weight is 448 g/mol. The maximum absolute atomic E-state index is 12.3. The van der Waals surface area contributed by atoms with Gasteiger partial charge in [0.2, 0.25) is 0 Å². The molecule has 0 aromatic heterocycles. The number of aliphatic carboxylic acids is 1. The number of nitrogens with one attached hydrogen (secondary N) is 1. The van der Waals surface area contributed by atoms with Crippen LogP contribution in [0.5, 0.6) is 5.75 Å². The van der Waals surface area contributed by atoms with Gasteiger partial charge in [-0.3, -0.25) is 10.1 Å². The van der Waals surface area contributed by atoms with E-state index in [2.05, 4.69) is 21.2 Å². The summed E-state index contributed by atoms with van der Waals surface area (Å²) in [7, 11) is 0. The number of hydrogen-bond donors (Lipinski definition) is 3. The topological polar surface area (TPSA) is 113 Å². The normalized spacial score (nSPS) is 12.9. The van der Waals surface area contributed by atoms with Crippen LogP contribution in [0.1, 0.15) is 28.9 Å². The Balaban J connectivity index is 2.23. The quantitative estimate of drug-likeness (QED) is 0.575. The van der Waals surface area contributed by atoms with Crippen molar-refractivity contribution in [2.45, 2.75) is 13.0 Å². The predicted octanol–water partition coefficient (Wildman–Crippen LogP) is 4.04. The summed E-state index contributed by atoms with van der Waals surface area (Å²) in [5.41, 5.74) is 0.541. The number of carbonyl (C=O) groups is 3. The summed E-state index contributed by atoms with van der Waals surface area (Å²) in [6, 6.07) is 12.7. The molecule has 3 N–H and O–H groups in total. The second-order valence-electron chi connectivity index (χ2n) is 5.91. The Morgan fingerprint density at radius 3 is 2.46 bits per heavy atom. The fraction of sp³-hybridized carbons (Fsp3) is 0.150. The molecule has 2 aromatic rings. The van der Waals surface area contributed by atoms with Crippen molar-refractivity contribution in [2.24, 2.45) is 5.92 Å².